The lowest BCUT2D eigenvalue weighted by atomic mass is 9.95. The Morgan fingerprint density at radius 1 is 1.47 bits per heavy atom. The number of likely N-dealkylation sites (tertiary alicyclic amines) is 1. The molecule has 0 amide bonds. The molecule has 2 atom stereocenters. The van der Waals surface area contributed by atoms with E-state index in [0.29, 0.717) is 13.0 Å². The van der Waals surface area contributed by atoms with Crippen LogP contribution in [0.15, 0.2) is 0 Å². The number of rotatable bonds is 7. The fourth-order valence-electron chi connectivity index (χ4n) is 2.72. The SMILES string of the molecule is CCOC(=O)C(C)(N)CCCCN1CCCC(C)C1. The Hall–Kier alpha value is -0.610. The highest BCUT2D eigenvalue weighted by molar-refractivity contribution is 5.79. The van der Waals surface area contributed by atoms with Crippen LogP contribution in [0.1, 0.15) is 52.9 Å². The van der Waals surface area contributed by atoms with E-state index >= 15 is 0 Å². The maximum Gasteiger partial charge on any atom is 0.325 e. The van der Waals surface area contributed by atoms with Crippen LogP contribution in [-0.4, -0.2) is 42.6 Å². The molecule has 0 bridgehead atoms. The molecule has 0 aromatic heterocycles. The first-order valence-corrected chi connectivity index (χ1v) is 7.64. The largest absolute Gasteiger partial charge is 0.465 e. The third-order valence-electron chi connectivity index (χ3n) is 3.90. The topological polar surface area (TPSA) is 55.6 Å². The van der Waals surface area contributed by atoms with Gasteiger partial charge in [-0.25, -0.2) is 0 Å². The molecule has 4 heteroatoms. The molecule has 0 aliphatic carbocycles. The van der Waals surface area contributed by atoms with Gasteiger partial charge in [0, 0.05) is 6.54 Å². The maximum atomic E-state index is 11.6. The number of piperidine rings is 1. The number of unbranched alkanes of at least 4 members (excludes halogenated alkanes) is 1. The van der Waals surface area contributed by atoms with Gasteiger partial charge in [0.05, 0.1) is 6.61 Å². The molecule has 0 radical (unpaired) electrons. The monoisotopic (exact) mass is 270 g/mol. The molecule has 0 spiro atoms. The number of carbonyl (C=O) groups is 1. The number of esters is 1. The van der Waals surface area contributed by atoms with E-state index in [2.05, 4.69) is 11.8 Å². The normalized spacial score (nSPS) is 23.9. The van der Waals surface area contributed by atoms with Crippen molar-refractivity contribution in [2.45, 2.75) is 58.4 Å². The summed E-state index contributed by atoms with van der Waals surface area (Å²) in [5, 5.41) is 0. The Kier molecular flexibility index (Phi) is 6.80. The number of hydrogen-bond acceptors (Lipinski definition) is 4. The Morgan fingerprint density at radius 2 is 2.21 bits per heavy atom. The van der Waals surface area contributed by atoms with Gasteiger partial charge in [-0.15, -0.1) is 0 Å². The molecule has 0 aromatic rings. The number of hydrogen-bond donors (Lipinski definition) is 1. The second-order valence-electron chi connectivity index (χ2n) is 6.14. The van der Waals surface area contributed by atoms with Gasteiger partial charge in [-0.3, -0.25) is 4.79 Å². The molecule has 1 heterocycles. The van der Waals surface area contributed by atoms with Crippen LogP contribution in [0.5, 0.6) is 0 Å². The minimum absolute atomic E-state index is 0.276. The molecular formula is C15H30N2O2. The maximum absolute atomic E-state index is 11.6. The molecule has 2 unspecified atom stereocenters. The van der Waals surface area contributed by atoms with Crippen LogP contribution in [0.2, 0.25) is 0 Å². The predicted octanol–water partition coefficient (Wildman–Crippen LogP) is 2.17. The highest BCUT2D eigenvalue weighted by atomic mass is 16.5. The smallest absolute Gasteiger partial charge is 0.325 e. The number of nitrogens with zero attached hydrogens (tertiary/aromatic N) is 1. The van der Waals surface area contributed by atoms with Gasteiger partial charge in [0.1, 0.15) is 5.54 Å². The molecular weight excluding hydrogens is 240 g/mol. The summed E-state index contributed by atoms with van der Waals surface area (Å²) in [5.41, 5.74) is 5.17. The molecule has 2 N–H and O–H groups in total. The molecule has 0 saturated carbocycles. The van der Waals surface area contributed by atoms with E-state index in [1.807, 2.05) is 6.92 Å². The molecule has 19 heavy (non-hydrogen) atoms. The van der Waals surface area contributed by atoms with E-state index in [1.54, 1.807) is 6.92 Å². The highest BCUT2D eigenvalue weighted by Gasteiger charge is 2.29. The van der Waals surface area contributed by atoms with Gasteiger partial charge in [-0.2, -0.15) is 0 Å². The molecule has 0 aromatic carbocycles. The van der Waals surface area contributed by atoms with Crippen molar-refractivity contribution in [3.8, 4) is 0 Å². The van der Waals surface area contributed by atoms with E-state index < -0.39 is 5.54 Å². The average molecular weight is 270 g/mol. The summed E-state index contributed by atoms with van der Waals surface area (Å²) >= 11 is 0. The summed E-state index contributed by atoms with van der Waals surface area (Å²) in [4.78, 5) is 14.2. The zero-order chi connectivity index (χ0) is 14.3. The van der Waals surface area contributed by atoms with E-state index in [1.165, 1.54) is 25.9 Å². The lowest BCUT2D eigenvalue weighted by Crippen LogP contribution is -2.46. The average Bonchev–Trinajstić information content (AvgIpc) is 2.35. The first kappa shape index (κ1) is 16.4. The van der Waals surface area contributed by atoms with Gasteiger partial charge in [0.2, 0.25) is 0 Å². The standard InChI is InChI=1S/C15H30N2O2/c1-4-19-14(18)15(3,16)9-5-6-10-17-11-7-8-13(2)12-17/h13H,4-12,16H2,1-3H3. The van der Waals surface area contributed by atoms with Crippen LogP contribution in [0.25, 0.3) is 0 Å². The van der Waals surface area contributed by atoms with Crippen LogP contribution in [0.3, 0.4) is 0 Å². The highest BCUT2D eigenvalue weighted by Crippen LogP contribution is 2.17. The first-order chi connectivity index (χ1) is 8.95. The second-order valence-corrected chi connectivity index (χ2v) is 6.14. The Labute approximate surface area is 117 Å². The van der Waals surface area contributed by atoms with Crippen molar-refractivity contribution < 1.29 is 9.53 Å². The fraction of sp³-hybridized carbons (Fsp3) is 0.933. The minimum Gasteiger partial charge on any atom is -0.465 e. The van der Waals surface area contributed by atoms with Crippen molar-refractivity contribution in [3.63, 3.8) is 0 Å². The van der Waals surface area contributed by atoms with Gasteiger partial charge < -0.3 is 15.4 Å². The van der Waals surface area contributed by atoms with Crippen LogP contribution in [-0.2, 0) is 9.53 Å². The summed E-state index contributed by atoms with van der Waals surface area (Å²) < 4.78 is 4.99. The van der Waals surface area contributed by atoms with E-state index in [9.17, 15) is 4.79 Å². The summed E-state index contributed by atoms with van der Waals surface area (Å²) in [7, 11) is 0. The van der Waals surface area contributed by atoms with Crippen molar-refractivity contribution in [3.05, 3.63) is 0 Å². The van der Waals surface area contributed by atoms with E-state index in [0.717, 1.165) is 25.3 Å². The molecule has 1 rings (SSSR count). The quantitative estimate of drug-likeness (QED) is 0.569. The Morgan fingerprint density at radius 3 is 2.84 bits per heavy atom. The summed E-state index contributed by atoms with van der Waals surface area (Å²) in [5.74, 6) is 0.551. The number of carbonyl (C=O) groups excluding carboxylic acids is 1. The molecule has 1 fully saturated rings. The second kappa shape index (κ2) is 7.85. The van der Waals surface area contributed by atoms with Crippen molar-refractivity contribution in [1.29, 1.82) is 0 Å². The summed E-state index contributed by atoms with van der Waals surface area (Å²) in [6.07, 6.45) is 5.48. The van der Waals surface area contributed by atoms with Crippen LogP contribution in [0, 0.1) is 5.92 Å². The van der Waals surface area contributed by atoms with Crippen LogP contribution >= 0.6 is 0 Å². The third kappa shape index (κ3) is 5.91. The molecule has 4 nitrogen and oxygen atoms in total. The lowest BCUT2D eigenvalue weighted by Gasteiger charge is -2.31. The lowest BCUT2D eigenvalue weighted by molar-refractivity contribution is -0.149. The molecule has 1 aliphatic heterocycles. The fourth-order valence-corrected chi connectivity index (χ4v) is 2.72. The van der Waals surface area contributed by atoms with Gasteiger partial charge in [0.15, 0.2) is 0 Å². The van der Waals surface area contributed by atoms with E-state index in [-0.39, 0.29) is 5.97 Å². The van der Waals surface area contributed by atoms with Gasteiger partial charge in [-0.1, -0.05) is 6.92 Å². The molecule has 1 saturated heterocycles. The summed E-state index contributed by atoms with van der Waals surface area (Å²) in [6.45, 7) is 9.88. The van der Waals surface area contributed by atoms with Crippen LogP contribution in [0.4, 0.5) is 0 Å². The molecule has 112 valence electrons. The van der Waals surface area contributed by atoms with E-state index in [4.69, 9.17) is 10.5 Å². The predicted molar refractivity (Wildman–Crippen MR) is 77.9 cm³/mol. The zero-order valence-corrected chi connectivity index (χ0v) is 12.8. The first-order valence-electron chi connectivity index (χ1n) is 7.64. The van der Waals surface area contributed by atoms with Crippen molar-refractivity contribution in [2.24, 2.45) is 11.7 Å². The summed E-state index contributed by atoms with van der Waals surface area (Å²) in [6, 6.07) is 0. The van der Waals surface area contributed by atoms with Crippen molar-refractivity contribution in [2.75, 3.05) is 26.2 Å². The van der Waals surface area contributed by atoms with Crippen molar-refractivity contribution in [1.82, 2.24) is 4.90 Å². The van der Waals surface area contributed by atoms with Gasteiger partial charge >= 0.3 is 5.97 Å². The van der Waals surface area contributed by atoms with Gasteiger partial charge in [0.25, 0.3) is 0 Å². The van der Waals surface area contributed by atoms with Crippen LogP contribution < -0.4 is 5.73 Å². The molecule has 1 aliphatic rings. The zero-order valence-electron chi connectivity index (χ0n) is 12.8. The number of ether oxygens (including phenoxy) is 1. The van der Waals surface area contributed by atoms with Crippen molar-refractivity contribution >= 4 is 5.97 Å². The van der Waals surface area contributed by atoms with Gasteiger partial charge in [-0.05, 0) is 65.0 Å². The third-order valence-corrected chi connectivity index (χ3v) is 3.90. The Bertz CT molecular complexity index is 279. The minimum atomic E-state index is -0.828. The Balaban J connectivity index is 2.17. The number of nitrogens with two attached hydrogens (primary N) is 1.